The van der Waals surface area contributed by atoms with Gasteiger partial charge in [-0.05, 0) is 0 Å². The fraction of sp³-hybridized carbons (Fsp3) is 0.118. The first kappa shape index (κ1) is 19.3. The molecule has 2 aliphatic rings. The van der Waals surface area contributed by atoms with Gasteiger partial charge in [-0.2, -0.15) is 0 Å². The number of benzene rings is 1. The van der Waals surface area contributed by atoms with Crippen molar-refractivity contribution >= 4 is 28.1 Å². The summed E-state index contributed by atoms with van der Waals surface area (Å²) in [6.07, 6.45) is 12.6. The molecule has 1 aromatic heterocycles. The molecule has 0 aliphatic heterocycles. The Morgan fingerprint density at radius 2 is 2.00 bits per heavy atom. The van der Waals surface area contributed by atoms with E-state index in [9.17, 15) is 0 Å². The maximum absolute atomic E-state index is 6.04. The normalized spacial score (nSPS) is 13.1. The average molecular weight is 504 g/mol. The van der Waals surface area contributed by atoms with Crippen LogP contribution in [-0.2, 0) is 26.1 Å². The Kier molecular flexibility index (Phi) is 6.67. The quantitative estimate of drug-likeness (QED) is 0.427. The standard InChI is InChI=1S/C12H7BrN.C5H5.2ClH.S.Zr/c13-10-1-2-11-9(6-10)5-8-3-4-14-7-12(8)11;1-2-4-5-3-1;;;;/h1,3-4,6-7H,5H2;1-3H,4H2;2*1H;;/q;;;;;+2/p-2. The molecule has 0 radical (unpaired) electrons. The SMILES string of the molecule is [Cl-].[Cl-].[S]=[Zr+2]([C]1=CC=CC1)[c]1cc(Br)cc2c1-c1cnccc1C2. The van der Waals surface area contributed by atoms with Crippen LogP contribution in [0.2, 0.25) is 0 Å². The molecule has 6 heteroatoms. The van der Waals surface area contributed by atoms with E-state index in [1.54, 1.807) is 0 Å². The summed E-state index contributed by atoms with van der Waals surface area (Å²) >= 11 is 1.51. The van der Waals surface area contributed by atoms with Crippen molar-refractivity contribution < 1.29 is 44.5 Å². The van der Waals surface area contributed by atoms with Gasteiger partial charge in [0.15, 0.2) is 0 Å². The van der Waals surface area contributed by atoms with Gasteiger partial charge in [0, 0.05) is 0 Å². The van der Waals surface area contributed by atoms with Crippen LogP contribution in [0.5, 0.6) is 0 Å². The molecule has 2 aromatic rings. The summed E-state index contributed by atoms with van der Waals surface area (Å²) in [4.78, 5) is 4.32. The summed E-state index contributed by atoms with van der Waals surface area (Å²) in [6.45, 7) is 0. The monoisotopic (exact) mass is 501 g/mol. The van der Waals surface area contributed by atoms with Crippen molar-refractivity contribution in [1.29, 1.82) is 0 Å². The van der Waals surface area contributed by atoms with Crippen LogP contribution >= 0.6 is 24.8 Å². The van der Waals surface area contributed by atoms with Crippen LogP contribution < -0.4 is 28.1 Å². The van der Waals surface area contributed by atoms with E-state index in [1.165, 1.54) is 28.8 Å². The van der Waals surface area contributed by atoms with Crippen LogP contribution in [0.3, 0.4) is 0 Å². The van der Waals surface area contributed by atoms with E-state index in [4.69, 9.17) is 8.86 Å². The molecule has 1 heterocycles. The number of aromatic nitrogens is 1. The summed E-state index contributed by atoms with van der Waals surface area (Å²) in [5.41, 5.74) is 5.46. The van der Waals surface area contributed by atoms with Crippen LogP contribution in [0, 0.1) is 0 Å². The summed E-state index contributed by atoms with van der Waals surface area (Å²) < 4.78 is 4.09. The fourth-order valence-corrected chi connectivity index (χ4v) is 10.2. The second kappa shape index (κ2) is 7.93. The van der Waals surface area contributed by atoms with Gasteiger partial charge in [0.25, 0.3) is 0 Å². The Morgan fingerprint density at radius 1 is 1.17 bits per heavy atom. The molecule has 2 aliphatic carbocycles. The van der Waals surface area contributed by atoms with Crippen LogP contribution in [0.15, 0.2) is 56.6 Å². The molecule has 0 amide bonds. The molecular weight excluding hydrogens is 492 g/mol. The molecule has 23 heavy (non-hydrogen) atoms. The Morgan fingerprint density at radius 3 is 2.74 bits per heavy atom. The van der Waals surface area contributed by atoms with E-state index < -0.39 is 19.7 Å². The number of hydrogen-bond donors (Lipinski definition) is 0. The molecule has 0 saturated carbocycles. The van der Waals surface area contributed by atoms with E-state index in [2.05, 4.69) is 57.3 Å². The molecular formula is C17H12BrCl2NSZr. The van der Waals surface area contributed by atoms with Gasteiger partial charge >= 0.3 is 144 Å². The molecule has 0 fully saturated rings. The van der Waals surface area contributed by atoms with E-state index in [0.29, 0.717) is 0 Å². The van der Waals surface area contributed by atoms with E-state index in [1.807, 2.05) is 12.4 Å². The van der Waals surface area contributed by atoms with Crippen molar-refractivity contribution in [3.63, 3.8) is 0 Å². The second-order valence-corrected chi connectivity index (χ2v) is 13.2. The number of rotatable bonds is 2. The molecule has 0 bridgehead atoms. The minimum atomic E-state index is -2.16. The van der Waals surface area contributed by atoms with Gasteiger partial charge in [0.2, 0.25) is 0 Å². The molecule has 1 nitrogen and oxygen atoms in total. The number of pyridine rings is 1. The third-order valence-corrected chi connectivity index (χ3v) is 11.9. The fourth-order valence-electron chi connectivity index (χ4n) is 3.10. The van der Waals surface area contributed by atoms with E-state index in [-0.39, 0.29) is 24.8 Å². The zero-order chi connectivity index (χ0) is 14.4. The van der Waals surface area contributed by atoms with Crippen LogP contribution in [0.4, 0.5) is 0 Å². The van der Waals surface area contributed by atoms with Crippen molar-refractivity contribution in [3.05, 3.63) is 67.7 Å². The third kappa shape index (κ3) is 3.52. The average Bonchev–Trinajstić information content (AvgIpc) is 3.12. The van der Waals surface area contributed by atoms with Crippen molar-refractivity contribution in [1.82, 2.24) is 4.98 Å². The van der Waals surface area contributed by atoms with Gasteiger partial charge in [-0.1, -0.05) is 0 Å². The Labute approximate surface area is 167 Å². The predicted octanol–water partition coefficient (Wildman–Crippen LogP) is -1.38. The molecule has 4 rings (SSSR count). The van der Waals surface area contributed by atoms with Gasteiger partial charge in [-0.3, -0.25) is 0 Å². The van der Waals surface area contributed by atoms with Gasteiger partial charge < -0.3 is 24.8 Å². The van der Waals surface area contributed by atoms with Gasteiger partial charge in [-0.15, -0.1) is 0 Å². The predicted molar refractivity (Wildman–Crippen MR) is 89.2 cm³/mol. The Hall–Kier alpha value is 0.0131. The van der Waals surface area contributed by atoms with Crippen molar-refractivity contribution in [2.75, 3.05) is 0 Å². The summed E-state index contributed by atoms with van der Waals surface area (Å²) in [6, 6.07) is 6.64. The van der Waals surface area contributed by atoms with Gasteiger partial charge in [0.05, 0.1) is 0 Å². The summed E-state index contributed by atoms with van der Waals surface area (Å²) in [7, 11) is 6.04. The van der Waals surface area contributed by atoms with E-state index in [0.717, 1.165) is 17.3 Å². The molecule has 116 valence electrons. The molecule has 0 unspecified atom stereocenters. The van der Waals surface area contributed by atoms with Crippen LogP contribution in [-0.4, -0.2) is 4.98 Å². The minimum absolute atomic E-state index is 0. The molecule has 0 N–H and O–H groups in total. The number of fused-ring (bicyclic) bond motifs is 3. The Balaban J connectivity index is 0.000000960. The maximum atomic E-state index is 6.04. The summed E-state index contributed by atoms with van der Waals surface area (Å²) in [5, 5.41) is 0. The summed E-state index contributed by atoms with van der Waals surface area (Å²) in [5.74, 6) is 0. The number of nitrogens with zero attached hydrogens (tertiary/aromatic N) is 1. The third-order valence-electron chi connectivity index (χ3n) is 4.05. The number of hydrogen-bond acceptors (Lipinski definition) is 2. The first-order valence-corrected chi connectivity index (χ1v) is 13.6. The topological polar surface area (TPSA) is 12.9 Å². The molecule has 0 atom stereocenters. The zero-order valence-corrected chi connectivity index (χ0v) is 18.4. The zero-order valence-electron chi connectivity index (χ0n) is 12.0. The van der Waals surface area contributed by atoms with Crippen molar-refractivity contribution in [2.24, 2.45) is 0 Å². The number of allylic oxidation sites excluding steroid dienone is 4. The second-order valence-electron chi connectivity index (χ2n) is 5.35. The molecule has 1 aromatic carbocycles. The van der Waals surface area contributed by atoms with Crippen LogP contribution in [0.25, 0.3) is 11.1 Å². The molecule has 0 spiro atoms. The Bertz CT molecular complexity index is 848. The van der Waals surface area contributed by atoms with Crippen molar-refractivity contribution in [2.45, 2.75) is 12.8 Å². The number of halogens is 3. The van der Waals surface area contributed by atoms with Crippen LogP contribution in [0.1, 0.15) is 17.5 Å². The first-order chi connectivity index (χ1) is 10.2. The van der Waals surface area contributed by atoms with Gasteiger partial charge in [0.1, 0.15) is 0 Å². The van der Waals surface area contributed by atoms with Gasteiger partial charge in [-0.25, -0.2) is 0 Å². The first-order valence-electron chi connectivity index (χ1n) is 6.90. The van der Waals surface area contributed by atoms with E-state index >= 15 is 0 Å². The van der Waals surface area contributed by atoms with Crippen molar-refractivity contribution in [3.8, 4) is 11.1 Å². The molecule has 0 saturated heterocycles.